The van der Waals surface area contributed by atoms with Crippen LogP contribution in [0.25, 0.3) is 0 Å². The van der Waals surface area contributed by atoms with Crippen molar-refractivity contribution >= 4 is 22.2 Å². The summed E-state index contributed by atoms with van der Waals surface area (Å²) >= 11 is 0. The van der Waals surface area contributed by atoms with Crippen molar-refractivity contribution in [2.45, 2.75) is 18.9 Å². The molecule has 1 amide bonds. The Hall–Kier alpha value is -2.65. The van der Waals surface area contributed by atoms with Crippen LogP contribution in [0.3, 0.4) is 0 Å². The molecule has 0 unspecified atom stereocenters. The van der Waals surface area contributed by atoms with E-state index in [2.05, 4.69) is 10.5 Å². The normalized spacial score (nSPS) is 11.6. The number of rotatable bonds is 6. The van der Waals surface area contributed by atoms with Crippen LogP contribution in [0.4, 0.5) is 0 Å². The van der Waals surface area contributed by atoms with Crippen LogP contribution < -0.4 is 10.2 Å². The first-order valence-corrected chi connectivity index (χ1v) is 8.25. The molecule has 1 N–H and O–H groups in total. The summed E-state index contributed by atoms with van der Waals surface area (Å²) in [4.78, 5) is 11.6. The molecule has 0 bridgehead atoms. The van der Waals surface area contributed by atoms with Crippen LogP contribution in [0.2, 0.25) is 0 Å². The van der Waals surface area contributed by atoms with Gasteiger partial charge in [0.15, 0.2) is 16.7 Å². The van der Waals surface area contributed by atoms with Crippen molar-refractivity contribution in [2.75, 3.05) is 6.61 Å². The number of carbonyl (C=O) groups excluding carboxylic acids is 1. The van der Waals surface area contributed by atoms with E-state index >= 15 is 0 Å². The average molecular weight is 351 g/mol. The summed E-state index contributed by atoms with van der Waals surface area (Å²) in [5.74, 6) is 0.112. The molecule has 24 heavy (non-hydrogen) atoms. The quantitative estimate of drug-likeness (QED) is 0.476. The lowest BCUT2D eigenvalue weighted by atomic mass is 10.1. The fraction of sp³-hybridized carbons (Fsp3) is 0.200. The van der Waals surface area contributed by atoms with Crippen LogP contribution in [-0.2, 0) is 14.9 Å². The highest BCUT2D eigenvalue weighted by Gasteiger charge is 2.07. The average Bonchev–Trinajstić information content (AvgIpc) is 2.98. The Morgan fingerprint density at radius 3 is 2.75 bits per heavy atom. The molecule has 1 aromatic carbocycles. The van der Waals surface area contributed by atoms with E-state index in [0.29, 0.717) is 5.75 Å². The first-order valence-electron chi connectivity index (χ1n) is 6.84. The SMILES string of the molecule is Cc1cccc(OCC(=O)N/N=C/c2ccc(S(=O)(=O)[O-])o2)c1C. The van der Waals surface area contributed by atoms with Gasteiger partial charge in [0.2, 0.25) is 5.09 Å². The maximum atomic E-state index is 11.6. The number of hydrogen-bond acceptors (Lipinski definition) is 7. The number of hydrogen-bond donors (Lipinski definition) is 1. The molecule has 0 aliphatic carbocycles. The number of nitrogens with zero attached hydrogens (tertiary/aromatic N) is 1. The molecular formula is C15H15N2O6S-. The molecule has 0 atom stereocenters. The first kappa shape index (κ1) is 17.7. The van der Waals surface area contributed by atoms with Gasteiger partial charge < -0.3 is 13.7 Å². The van der Waals surface area contributed by atoms with E-state index in [1.807, 2.05) is 26.0 Å². The number of nitrogens with one attached hydrogen (secondary N) is 1. The molecule has 1 aromatic heterocycles. The molecule has 0 aliphatic heterocycles. The first-order chi connectivity index (χ1) is 11.3. The van der Waals surface area contributed by atoms with Gasteiger partial charge in [-0.15, -0.1) is 0 Å². The number of ether oxygens (including phenoxy) is 1. The van der Waals surface area contributed by atoms with Crippen molar-refractivity contribution in [3.63, 3.8) is 0 Å². The summed E-state index contributed by atoms with van der Waals surface area (Å²) in [6, 6.07) is 7.77. The van der Waals surface area contributed by atoms with Gasteiger partial charge in [0.25, 0.3) is 5.91 Å². The smallest absolute Gasteiger partial charge is 0.277 e. The van der Waals surface area contributed by atoms with Crippen LogP contribution in [0.5, 0.6) is 5.75 Å². The Morgan fingerprint density at radius 1 is 1.33 bits per heavy atom. The topological polar surface area (TPSA) is 121 Å². The van der Waals surface area contributed by atoms with Gasteiger partial charge in [-0.25, -0.2) is 13.8 Å². The second kappa shape index (κ2) is 7.28. The maximum absolute atomic E-state index is 11.6. The second-order valence-corrected chi connectivity index (χ2v) is 6.20. The van der Waals surface area contributed by atoms with Gasteiger partial charge in [-0.3, -0.25) is 4.79 Å². The Bertz CT molecular complexity index is 870. The van der Waals surface area contributed by atoms with Gasteiger partial charge >= 0.3 is 0 Å². The van der Waals surface area contributed by atoms with E-state index in [4.69, 9.17) is 9.15 Å². The minimum absolute atomic E-state index is 0.0140. The van der Waals surface area contributed by atoms with E-state index in [0.717, 1.165) is 23.4 Å². The Labute approximate surface area is 138 Å². The lowest BCUT2D eigenvalue weighted by Gasteiger charge is -2.09. The molecule has 128 valence electrons. The van der Waals surface area contributed by atoms with Crippen molar-refractivity contribution in [3.8, 4) is 5.75 Å². The van der Waals surface area contributed by atoms with Crippen molar-refractivity contribution in [2.24, 2.45) is 5.10 Å². The molecule has 1 heterocycles. The molecule has 2 rings (SSSR count). The monoisotopic (exact) mass is 351 g/mol. The molecule has 2 aromatic rings. The van der Waals surface area contributed by atoms with Gasteiger partial charge in [-0.05, 0) is 43.2 Å². The molecule has 0 fully saturated rings. The predicted octanol–water partition coefficient (Wildman–Crippen LogP) is 1.33. The van der Waals surface area contributed by atoms with Crippen molar-refractivity contribution in [3.05, 3.63) is 47.2 Å². The zero-order valence-corrected chi connectivity index (χ0v) is 13.8. The molecule has 0 radical (unpaired) electrons. The van der Waals surface area contributed by atoms with Crippen LogP contribution in [0, 0.1) is 13.8 Å². The number of aryl methyl sites for hydroxylation is 1. The highest BCUT2D eigenvalue weighted by Crippen LogP contribution is 2.20. The standard InChI is InChI=1S/C15H16N2O6S/c1-10-4-3-5-13(11(10)2)22-9-14(18)17-16-8-12-6-7-15(23-12)24(19,20)21/h3-8H,9H2,1-2H3,(H,17,18)(H,19,20,21)/p-1/b16-8+. The molecule has 0 spiro atoms. The Balaban J connectivity index is 1.87. The Morgan fingerprint density at radius 2 is 2.08 bits per heavy atom. The summed E-state index contributed by atoms with van der Waals surface area (Å²) in [6.07, 6.45) is 1.07. The molecular weight excluding hydrogens is 336 g/mol. The highest BCUT2D eigenvalue weighted by molar-refractivity contribution is 7.85. The van der Waals surface area contributed by atoms with E-state index in [-0.39, 0.29) is 12.4 Å². The number of amides is 1. The lowest BCUT2D eigenvalue weighted by molar-refractivity contribution is -0.123. The van der Waals surface area contributed by atoms with Crippen molar-refractivity contribution in [1.82, 2.24) is 5.43 Å². The lowest BCUT2D eigenvalue weighted by Crippen LogP contribution is -2.24. The molecule has 8 nitrogen and oxygen atoms in total. The highest BCUT2D eigenvalue weighted by atomic mass is 32.2. The van der Waals surface area contributed by atoms with Crippen LogP contribution in [-0.4, -0.2) is 31.7 Å². The zero-order chi connectivity index (χ0) is 17.7. The third-order valence-corrected chi connectivity index (χ3v) is 3.86. The van der Waals surface area contributed by atoms with Gasteiger partial charge in [-0.1, -0.05) is 12.1 Å². The zero-order valence-electron chi connectivity index (χ0n) is 13.0. The largest absolute Gasteiger partial charge is 0.742 e. The fourth-order valence-electron chi connectivity index (χ4n) is 1.76. The van der Waals surface area contributed by atoms with Crippen molar-refractivity contribution in [1.29, 1.82) is 0 Å². The van der Waals surface area contributed by atoms with Crippen LogP contribution >= 0.6 is 0 Å². The number of hydrazone groups is 1. The predicted molar refractivity (Wildman–Crippen MR) is 83.8 cm³/mol. The van der Waals surface area contributed by atoms with Crippen LogP contribution in [0.1, 0.15) is 16.9 Å². The van der Waals surface area contributed by atoms with Gasteiger partial charge in [0, 0.05) is 0 Å². The van der Waals surface area contributed by atoms with E-state index < -0.39 is 21.1 Å². The Kier molecular flexibility index (Phi) is 5.37. The maximum Gasteiger partial charge on any atom is 0.277 e. The van der Waals surface area contributed by atoms with Crippen LogP contribution in [0.15, 0.2) is 44.9 Å². The number of furan rings is 1. The van der Waals surface area contributed by atoms with Crippen molar-refractivity contribution < 1.29 is 26.9 Å². The molecule has 0 saturated heterocycles. The summed E-state index contributed by atoms with van der Waals surface area (Å²) in [5, 5.41) is 2.88. The van der Waals surface area contributed by atoms with Gasteiger partial charge in [0.05, 0.1) is 6.21 Å². The minimum atomic E-state index is -4.66. The molecule has 9 heteroatoms. The summed E-state index contributed by atoms with van der Waals surface area (Å²) < 4.78 is 42.3. The third kappa shape index (κ3) is 4.67. The number of benzene rings is 1. The molecule has 0 saturated carbocycles. The van der Waals surface area contributed by atoms with Gasteiger partial charge in [-0.2, -0.15) is 5.10 Å². The van der Waals surface area contributed by atoms with E-state index in [1.54, 1.807) is 6.07 Å². The summed E-state index contributed by atoms with van der Waals surface area (Å²) in [5.41, 5.74) is 4.19. The molecule has 0 aliphatic rings. The summed E-state index contributed by atoms with van der Waals surface area (Å²) in [7, 11) is -4.66. The summed E-state index contributed by atoms with van der Waals surface area (Å²) in [6.45, 7) is 3.59. The number of carbonyl (C=O) groups is 1. The fourth-order valence-corrected chi connectivity index (χ4v) is 2.20. The second-order valence-electron chi connectivity index (χ2n) is 4.89. The van der Waals surface area contributed by atoms with E-state index in [9.17, 15) is 17.8 Å². The van der Waals surface area contributed by atoms with Gasteiger partial charge in [0.1, 0.15) is 11.5 Å². The minimum Gasteiger partial charge on any atom is -0.742 e. The van der Waals surface area contributed by atoms with E-state index in [1.165, 1.54) is 6.07 Å². The third-order valence-electron chi connectivity index (χ3n) is 3.14.